The largest absolute Gasteiger partial charge is 0.373 e. The van der Waals surface area contributed by atoms with Crippen molar-refractivity contribution < 1.29 is 0 Å². The van der Waals surface area contributed by atoms with Crippen molar-refractivity contribution >= 4 is 17.5 Å². The lowest BCUT2D eigenvalue weighted by atomic mass is 9.91. The molecule has 0 aliphatic carbocycles. The topological polar surface area (TPSA) is 89.8 Å². The van der Waals surface area contributed by atoms with E-state index in [1.165, 1.54) is 0 Å². The molecule has 0 amide bonds. The second kappa shape index (κ2) is 7.78. The molecule has 7 heteroatoms. The fourth-order valence-electron chi connectivity index (χ4n) is 3.31. The Labute approximate surface area is 160 Å². The fourth-order valence-corrected chi connectivity index (χ4v) is 3.31. The number of pyridine rings is 1. The monoisotopic (exact) mass is 365 g/mol. The quantitative estimate of drug-likeness (QED) is 0.841. The van der Waals surface area contributed by atoms with Crippen LogP contribution in [-0.2, 0) is 5.41 Å². The number of hydrogen-bond acceptors (Lipinski definition) is 7. The third kappa shape index (κ3) is 4.27. The summed E-state index contributed by atoms with van der Waals surface area (Å²) in [7, 11) is 1.85. The number of nitrogens with zero attached hydrogens (tertiary/aromatic N) is 5. The van der Waals surface area contributed by atoms with Gasteiger partial charge in [0.05, 0.1) is 5.56 Å². The first-order valence-electron chi connectivity index (χ1n) is 9.34. The molecule has 0 spiro atoms. The molecular formula is C20H27N7. The summed E-state index contributed by atoms with van der Waals surface area (Å²) in [5, 5.41) is 15.9. The van der Waals surface area contributed by atoms with Gasteiger partial charge < -0.3 is 15.5 Å². The zero-order chi connectivity index (χ0) is 19.4. The average molecular weight is 365 g/mol. The molecule has 0 aromatic carbocycles. The number of hydrogen-bond donors (Lipinski definition) is 2. The molecule has 2 aromatic rings. The van der Waals surface area contributed by atoms with Crippen molar-refractivity contribution in [2.75, 3.05) is 35.7 Å². The van der Waals surface area contributed by atoms with Gasteiger partial charge >= 0.3 is 0 Å². The van der Waals surface area contributed by atoms with E-state index in [1.54, 1.807) is 6.33 Å². The van der Waals surface area contributed by atoms with E-state index in [-0.39, 0.29) is 5.41 Å². The average Bonchev–Trinajstić information content (AvgIpc) is 3.14. The van der Waals surface area contributed by atoms with E-state index in [1.807, 2.05) is 25.2 Å². The highest BCUT2D eigenvalue weighted by Gasteiger charge is 2.26. The number of aromatic nitrogens is 3. The summed E-state index contributed by atoms with van der Waals surface area (Å²) in [4.78, 5) is 15.6. The van der Waals surface area contributed by atoms with Crippen LogP contribution in [0, 0.1) is 11.3 Å². The highest BCUT2D eigenvalue weighted by molar-refractivity contribution is 5.54. The first kappa shape index (κ1) is 18.9. The summed E-state index contributed by atoms with van der Waals surface area (Å²) in [5.41, 5.74) is 1.49. The van der Waals surface area contributed by atoms with E-state index < -0.39 is 0 Å². The minimum absolute atomic E-state index is 0.0612. The predicted octanol–water partition coefficient (Wildman–Crippen LogP) is 3.16. The van der Waals surface area contributed by atoms with Gasteiger partial charge in [-0.15, -0.1) is 0 Å². The first-order chi connectivity index (χ1) is 12.9. The van der Waals surface area contributed by atoms with Crippen molar-refractivity contribution in [1.29, 1.82) is 5.26 Å². The molecule has 2 aromatic heterocycles. The summed E-state index contributed by atoms with van der Waals surface area (Å²) in [6.07, 6.45) is 3.78. The normalized spacial score (nSPS) is 16.9. The van der Waals surface area contributed by atoms with E-state index in [2.05, 4.69) is 52.3 Å². The fraction of sp³-hybridized carbons (Fsp3) is 0.500. The molecule has 7 nitrogen and oxygen atoms in total. The Balaban J connectivity index is 1.76. The molecule has 1 aliphatic heterocycles. The molecule has 0 saturated carbocycles. The summed E-state index contributed by atoms with van der Waals surface area (Å²) in [6, 6.07) is 8.30. The molecule has 1 unspecified atom stereocenters. The van der Waals surface area contributed by atoms with Crippen molar-refractivity contribution in [3.63, 3.8) is 0 Å². The lowest BCUT2D eigenvalue weighted by Gasteiger charge is -2.27. The smallest absolute Gasteiger partial charge is 0.144 e. The molecule has 3 heterocycles. The maximum atomic E-state index is 9.43. The van der Waals surface area contributed by atoms with Crippen LogP contribution in [0.2, 0.25) is 0 Å². The minimum Gasteiger partial charge on any atom is -0.373 e. The molecule has 27 heavy (non-hydrogen) atoms. The Morgan fingerprint density at radius 2 is 2.11 bits per heavy atom. The first-order valence-corrected chi connectivity index (χ1v) is 9.34. The Morgan fingerprint density at radius 3 is 2.81 bits per heavy atom. The van der Waals surface area contributed by atoms with Gasteiger partial charge in [0.1, 0.15) is 29.9 Å². The van der Waals surface area contributed by atoms with Crippen LogP contribution in [0.25, 0.3) is 0 Å². The standard InChI is InChI=1S/C20H27N7/c1-20(2,3)16-8-7-14(11-21)19(26-16)23-12-15-6-5-9-27(15)18-10-17(22-4)24-13-25-18/h7-8,10,13,15H,5-6,9,12H2,1-4H3,(H,23,26)(H,22,24,25). The molecule has 0 bridgehead atoms. The minimum atomic E-state index is -0.0612. The maximum absolute atomic E-state index is 9.43. The van der Waals surface area contributed by atoms with Crippen molar-refractivity contribution in [3.8, 4) is 6.07 Å². The summed E-state index contributed by atoms with van der Waals surface area (Å²) < 4.78 is 0. The molecule has 1 atom stereocenters. The van der Waals surface area contributed by atoms with Gasteiger partial charge in [0, 0.05) is 43.4 Å². The van der Waals surface area contributed by atoms with E-state index in [9.17, 15) is 5.26 Å². The number of anilines is 3. The van der Waals surface area contributed by atoms with E-state index >= 15 is 0 Å². The molecule has 1 fully saturated rings. The van der Waals surface area contributed by atoms with Gasteiger partial charge in [-0.3, -0.25) is 0 Å². The molecule has 1 saturated heterocycles. The van der Waals surface area contributed by atoms with Gasteiger partial charge in [-0.25, -0.2) is 15.0 Å². The number of rotatable bonds is 5. The van der Waals surface area contributed by atoms with Gasteiger partial charge in [-0.2, -0.15) is 5.26 Å². The second-order valence-corrected chi connectivity index (χ2v) is 7.84. The second-order valence-electron chi connectivity index (χ2n) is 7.84. The Bertz CT molecular complexity index is 835. The van der Waals surface area contributed by atoms with Gasteiger partial charge in [0.25, 0.3) is 0 Å². The highest BCUT2D eigenvalue weighted by Crippen LogP contribution is 2.27. The van der Waals surface area contributed by atoms with Gasteiger partial charge in [0.2, 0.25) is 0 Å². The summed E-state index contributed by atoms with van der Waals surface area (Å²) in [5.74, 6) is 2.40. The van der Waals surface area contributed by atoms with Crippen LogP contribution < -0.4 is 15.5 Å². The van der Waals surface area contributed by atoms with E-state index in [4.69, 9.17) is 4.98 Å². The van der Waals surface area contributed by atoms with Crippen LogP contribution in [0.1, 0.15) is 44.9 Å². The van der Waals surface area contributed by atoms with Crippen LogP contribution in [0.15, 0.2) is 24.5 Å². The Kier molecular flexibility index (Phi) is 5.45. The van der Waals surface area contributed by atoms with Crippen LogP contribution >= 0.6 is 0 Å². The van der Waals surface area contributed by atoms with Crippen LogP contribution in [0.5, 0.6) is 0 Å². The van der Waals surface area contributed by atoms with Crippen molar-refractivity contribution in [1.82, 2.24) is 15.0 Å². The predicted molar refractivity (Wildman–Crippen MR) is 108 cm³/mol. The van der Waals surface area contributed by atoms with Crippen LogP contribution in [0.4, 0.5) is 17.5 Å². The zero-order valence-electron chi connectivity index (χ0n) is 16.5. The van der Waals surface area contributed by atoms with Gasteiger partial charge in [-0.1, -0.05) is 20.8 Å². The summed E-state index contributed by atoms with van der Waals surface area (Å²) in [6.45, 7) is 8.05. The third-order valence-electron chi connectivity index (χ3n) is 4.87. The summed E-state index contributed by atoms with van der Waals surface area (Å²) >= 11 is 0. The highest BCUT2D eigenvalue weighted by atomic mass is 15.3. The van der Waals surface area contributed by atoms with E-state index in [0.29, 0.717) is 24.0 Å². The van der Waals surface area contributed by atoms with Crippen molar-refractivity contribution in [3.05, 3.63) is 35.8 Å². The maximum Gasteiger partial charge on any atom is 0.144 e. The molecule has 0 radical (unpaired) electrons. The van der Waals surface area contributed by atoms with Crippen molar-refractivity contribution in [2.45, 2.75) is 45.1 Å². The number of nitrogens with one attached hydrogen (secondary N) is 2. The third-order valence-corrected chi connectivity index (χ3v) is 4.87. The van der Waals surface area contributed by atoms with E-state index in [0.717, 1.165) is 36.7 Å². The van der Waals surface area contributed by atoms with Gasteiger partial charge in [0.15, 0.2) is 0 Å². The Morgan fingerprint density at radius 1 is 1.30 bits per heavy atom. The zero-order valence-corrected chi connectivity index (χ0v) is 16.5. The van der Waals surface area contributed by atoms with Crippen molar-refractivity contribution in [2.24, 2.45) is 0 Å². The SMILES string of the molecule is CNc1cc(N2CCCC2CNc2nc(C(C)(C)C)ccc2C#N)ncn1. The molecule has 142 valence electrons. The van der Waals surface area contributed by atoms with Crippen LogP contribution in [-0.4, -0.2) is 41.1 Å². The Hall–Kier alpha value is -2.88. The molecular weight excluding hydrogens is 338 g/mol. The lowest BCUT2D eigenvalue weighted by molar-refractivity contribution is 0.569. The molecule has 3 rings (SSSR count). The molecule has 2 N–H and O–H groups in total. The number of nitriles is 1. The molecule has 1 aliphatic rings. The van der Waals surface area contributed by atoms with Gasteiger partial charge in [-0.05, 0) is 25.0 Å². The lowest BCUT2D eigenvalue weighted by Crippen LogP contribution is -2.36. The van der Waals surface area contributed by atoms with Crippen LogP contribution in [0.3, 0.4) is 0 Å².